The quantitative estimate of drug-likeness (QED) is 0.678. The van der Waals surface area contributed by atoms with Gasteiger partial charge < -0.3 is 4.74 Å². The monoisotopic (exact) mass is 399 g/mol. The smallest absolute Gasteiger partial charge is 0.315 e. The SMILES string of the molecule is CCOC(=O)CS[C@H](CC)C(=O)Nc1nnc(-c2ccc(Cl)cc2)s1. The maximum Gasteiger partial charge on any atom is 0.315 e. The van der Waals surface area contributed by atoms with Gasteiger partial charge in [-0.2, -0.15) is 0 Å². The summed E-state index contributed by atoms with van der Waals surface area (Å²) in [4.78, 5) is 23.8. The van der Waals surface area contributed by atoms with Crippen LogP contribution in [0.15, 0.2) is 24.3 Å². The molecule has 1 aromatic heterocycles. The van der Waals surface area contributed by atoms with E-state index in [-0.39, 0.29) is 22.9 Å². The second-order valence-electron chi connectivity index (χ2n) is 4.92. The summed E-state index contributed by atoms with van der Waals surface area (Å²) in [6, 6.07) is 7.24. The van der Waals surface area contributed by atoms with Crippen LogP contribution in [0.5, 0.6) is 0 Å². The van der Waals surface area contributed by atoms with Gasteiger partial charge in [-0.15, -0.1) is 22.0 Å². The van der Waals surface area contributed by atoms with Crippen LogP contribution in [0.3, 0.4) is 0 Å². The van der Waals surface area contributed by atoms with Crippen molar-refractivity contribution in [3.8, 4) is 10.6 Å². The van der Waals surface area contributed by atoms with Crippen molar-refractivity contribution in [1.29, 1.82) is 0 Å². The molecule has 2 rings (SSSR count). The Balaban J connectivity index is 1.95. The minimum atomic E-state index is -0.354. The Bertz CT molecular complexity index is 722. The lowest BCUT2D eigenvalue weighted by Crippen LogP contribution is -2.26. The van der Waals surface area contributed by atoms with Crippen LogP contribution < -0.4 is 5.32 Å². The molecule has 1 N–H and O–H groups in total. The minimum absolute atomic E-state index is 0.145. The molecule has 9 heteroatoms. The molecular formula is C16H18ClN3O3S2. The summed E-state index contributed by atoms with van der Waals surface area (Å²) in [6.07, 6.45) is 0.596. The fraction of sp³-hybridized carbons (Fsp3) is 0.375. The highest BCUT2D eigenvalue weighted by Crippen LogP contribution is 2.28. The largest absolute Gasteiger partial charge is 0.465 e. The molecule has 0 aliphatic heterocycles. The molecule has 0 spiro atoms. The van der Waals surface area contributed by atoms with E-state index in [1.165, 1.54) is 23.1 Å². The van der Waals surface area contributed by atoms with Gasteiger partial charge in [-0.1, -0.05) is 42.0 Å². The molecule has 1 aromatic carbocycles. The zero-order valence-electron chi connectivity index (χ0n) is 13.8. The van der Waals surface area contributed by atoms with Crippen LogP contribution in [0.25, 0.3) is 10.6 Å². The molecule has 0 bridgehead atoms. The number of esters is 1. The van der Waals surface area contributed by atoms with Crippen molar-refractivity contribution >= 4 is 51.7 Å². The summed E-state index contributed by atoms with van der Waals surface area (Å²) in [6.45, 7) is 3.97. The van der Waals surface area contributed by atoms with E-state index >= 15 is 0 Å². The van der Waals surface area contributed by atoms with Crippen molar-refractivity contribution in [2.75, 3.05) is 17.7 Å². The lowest BCUT2D eigenvalue weighted by molar-refractivity contribution is -0.139. The number of aromatic nitrogens is 2. The van der Waals surface area contributed by atoms with Gasteiger partial charge >= 0.3 is 5.97 Å². The van der Waals surface area contributed by atoms with Crippen LogP contribution >= 0.6 is 34.7 Å². The fourth-order valence-corrected chi connectivity index (χ4v) is 3.66. The zero-order valence-corrected chi connectivity index (χ0v) is 16.2. The van der Waals surface area contributed by atoms with Crippen LogP contribution in [0.2, 0.25) is 5.02 Å². The number of amides is 1. The number of nitrogens with one attached hydrogen (secondary N) is 1. The van der Waals surface area contributed by atoms with E-state index in [1.807, 2.05) is 19.1 Å². The van der Waals surface area contributed by atoms with Gasteiger partial charge in [0.05, 0.1) is 17.6 Å². The number of halogens is 1. The second kappa shape index (κ2) is 9.74. The van der Waals surface area contributed by atoms with E-state index in [4.69, 9.17) is 16.3 Å². The van der Waals surface area contributed by atoms with Crippen LogP contribution in [0.1, 0.15) is 20.3 Å². The van der Waals surface area contributed by atoms with Gasteiger partial charge in [0, 0.05) is 10.6 Å². The van der Waals surface area contributed by atoms with Gasteiger partial charge in [0.25, 0.3) is 0 Å². The first kappa shape index (κ1) is 19.7. The Labute approximate surface area is 159 Å². The summed E-state index contributed by atoms with van der Waals surface area (Å²) in [5.41, 5.74) is 0.881. The summed E-state index contributed by atoms with van der Waals surface area (Å²) >= 11 is 8.41. The van der Waals surface area contributed by atoms with E-state index < -0.39 is 0 Å². The number of hydrogen-bond donors (Lipinski definition) is 1. The Morgan fingerprint density at radius 3 is 2.64 bits per heavy atom. The third-order valence-electron chi connectivity index (χ3n) is 3.12. The summed E-state index contributed by atoms with van der Waals surface area (Å²) in [7, 11) is 0. The molecule has 2 aromatic rings. The highest BCUT2D eigenvalue weighted by Gasteiger charge is 2.20. The lowest BCUT2D eigenvalue weighted by Gasteiger charge is -2.12. The molecule has 6 nitrogen and oxygen atoms in total. The number of benzene rings is 1. The molecule has 0 saturated heterocycles. The predicted octanol–water partition coefficient (Wildman–Crippen LogP) is 3.87. The summed E-state index contributed by atoms with van der Waals surface area (Å²) < 4.78 is 4.87. The first-order valence-electron chi connectivity index (χ1n) is 7.71. The average Bonchev–Trinajstić information content (AvgIpc) is 3.04. The number of carbonyl (C=O) groups excluding carboxylic acids is 2. The standard InChI is InChI=1S/C16H18ClN3O3S2/c1-3-12(24-9-13(21)23-4-2)14(22)18-16-20-19-15(25-16)10-5-7-11(17)8-6-10/h5-8,12H,3-4,9H2,1-2H3,(H,18,20,22)/t12-/m1/s1. The van der Waals surface area contributed by atoms with Gasteiger partial charge in [-0.3, -0.25) is 14.9 Å². The fourth-order valence-electron chi connectivity index (χ4n) is 1.92. The van der Waals surface area contributed by atoms with E-state index in [2.05, 4.69) is 15.5 Å². The van der Waals surface area contributed by atoms with Gasteiger partial charge in [0.15, 0.2) is 0 Å². The molecule has 25 heavy (non-hydrogen) atoms. The van der Waals surface area contributed by atoms with Crippen molar-refractivity contribution in [2.45, 2.75) is 25.5 Å². The van der Waals surface area contributed by atoms with Gasteiger partial charge in [-0.05, 0) is 25.5 Å². The molecule has 0 aliphatic carbocycles. The van der Waals surface area contributed by atoms with Crippen molar-refractivity contribution in [3.63, 3.8) is 0 Å². The molecule has 0 saturated carbocycles. The second-order valence-corrected chi connectivity index (χ2v) is 7.53. The number of hydrogen-bond acceptors (Lipinski definition) is 7. The van der Waals surface area contributed by atoms with Crippen LogP contribution in [0, 0.1) is 0 Å². The van der Waals surface area contributed by atoms with E-state index in [0.29, 0.717) is 28.2 Å². The van der Waals surface area contributed by atoms with Gasteiger partial charge in [0.1, 0.15) is 5.01 Å². The van der Waals surface area contributed by atoms with Crippen LogP contribution in [0.4, 0.5) is 5.13 Å². The Morgan fingerprint density at radius 1 is 1.28 bits per heavy atom. The molecule has 0 aliphatic rings. The van der Waals surface area contributed by atoms with E-state index in [0.717, 1.165) is 5.56 Å². The molecular weight excluding hydrogens is 382 g/mol. The Morgan fingerprint density at radius 2 is 2.00 bits per heavy atom. The maximum absolute atomic E-state index is 12.3. The van der Waals surface area contributed by atoms with E-state index in [1.54, 1.807) is 19.1 Å². The number of ether oxygens (including phenoxy) is 1. The van der Waals surface area contributed by atoms with Crippen molar-refractivity contribution in [3.05, 3.63) is 29.3 Å². The Kier molecular flexibility index (Phi) is 7.67. The normalized spacial score (nSPS) is 11.8. The van der Waals surface area contributed by atoms with Crippen LogP contribution in [-0.2, 0) is 14.3 Å². The van der Waals surface area contributed by atoms with E-state index in [9.17, 15) is 9.59 Å². The molecule has 1 heterocycles. The van der Waals surface area contributed by atoms with Gasteiger partial charge in [0.2, 0.25) is 11.0 Å². The zero-order chi connectivity index (χ0) is 18.2. The summed E-state index contributed by atoms with van der Waals surface area (Å²) in [5, 5.41) is 12.2. The number of anilines is 1. The number of carbonyl (C=O) groups is 2. The molecule has 1 amide bonds. The third kappa shape index (κ3) is 5.98. The highest BCUT2D eigenvalue weighted by atomic mass is 35.5. The van der Waals surface area contributed by atoms with Crippen molar-refractivity contribution in [2.24, 2.45) is 0 Å². The van der Waals surface area contributed by atoms with Crippen molar-refractivity contribution < 1.29 is 14.3 Å². The average molecular weight is 400 g/mol. The molecule has 1 atom stereocenters. The first-order chi connectivity index (χ1) is 12.0. The number of rotatable bonds is 8. The van der Waals surface area contributed by atoms with Gasteiger partial charge in [-0.25, -0.2) is 0 Å². The summed E-state index contributed by atoms with van der Waals surface area (Å²) in [5.74, 6) is -0.373. The molecule has 0 fully saturated rings. The predicted molar refractivity (Wildman–Crippen MR) is 102 cm³/mol. The van der Waals surface area contributed by atoms with Crippen LogP contribution in [-0.4, -0.2) is 39.7 Å². The molecule has 0 unspecified atom stereocenters. The highest BCUT2D eigenvalue weighted by molar-refractivity contribution is 8.01. The topological polar surface area (TPSA) is 81.2 Å². The number of nitrogens with zero attached hydrogens (tertiary/aromatic N) is 2. The molecule has 134 valence electrons. The lowest BCUT2D eigenvalue weighted by atomic mass is 10.2. The maximum atomic E-state index is 12.3. The number of thioether (sulfide) groups is 1. The molecule has 0 radical (unpaired) electrons. The third-order valence-corrected chi connectivity index (χ3v) is 5.61. The minimum Gasteiger partial charge on any atom is -0.465 e. The van der Waals surface area contributed by atoms with Crippen molar-refractivity contribution in [1.82, 2.24) is 10.2 Å². The first-order valence-corrected chi connectivity index (χ1v) is 9.95. The Hall–Kier alpha value is -1.64.